The molecule has 0 atom stereocenters. The van der Waals surface area contributed by atoms with Crippen molar-refractivity contribution in [3.05, 3.63) is 64.5 Å². The van der Waals surface area contributed by atoms with Crippen LogP contribution in [0.3, 0.4) is 0 Å². The summed E-state index contributed by atoms with van der Waals surface area (Å²) < 4.78 is 6.14. The smallest absolute Gasteiger partial charge is 0.270 e. The molecular formula is C25H25N3O4. The third-order valence-electron chi connectivity index (χ3n) is 5.80. The van der Waals surface area contributed by atoms with Gasteiger partial charge in [0.1, 0.15) is 0 Å². The van der Waals surface area contributed by atoms with Crippen LogP contribution in [0.1, 0.15) is 41.9 Å². The van der Waals surface area contributed by atoms with Crippen LogP contribution in [0.2, 0.25) is 0 Å². The molecule has 0 amide bonds. The predicted molar refractivity (Wildman–Crippen MR) is 123 cm³/mol. The molecule has 164 valence electrons. The molecule has 0 aliphatic carbocycles. The van der Waals surface area contributed by atoms with Gasteiger partial charge >= 0.3 is 0 Å². The first-order chi connectivity index (χ1) is 15.7. The van der Waals surface area contributed by atoms with Gasteiger partial charge in [-0.15, -0.1) is 0 Å². The number of fused-ring (bicyclic) bond motifs is 2. The average molecular weight is 431 g/mol. The second kappa shape index (κ2) is 8.51. The number of allylic oxidation sites excluding steroid dienone is 1. The Kier molecular flexibility index (Phi) is 5.41. The molecule has 0 saturated heterocycles. The second-order valence-corrected chi connectivity index (χ2v) is 7.80. The van der Waals surface area contributed by atoms with Gasteiger partial charge in [0.15, 0.2) is 11.6 Å². The lowest BCUT2D eigenvalue weighted by molar-refractivity contribution is -0.202. The van der Waals surface area contributed by atoms with Crippen molar-refractivity contribution in [1.29, 1.82) is 0 Å². The van der Waals surface area contributed by atoms with Crippen LogP contribution in [0.5, 0.6) is 11.5 Å². The number of aromatic nitrogens is 1. The molecule has 1 aromatic carbocycles. The maximum atomic E-state index is 10.9. The summed E-state index contributed by atoms with van der Waals surface area (Å²) in [5, 5.41) is 10.9. The standard InChI is InChI=1S/C25H25N3O4/c1-3-16-7-8-17-9-11-28(15-19(17)12-16)25-23(32-30-4-2)22(29)21(31-25)13-18-14-27-24-20(18)6-5-10-26-24/h5-8,10,12-14,29H,3-4,9,11,15H2,1-2H3. The molecule has 2 aliphatic rings. The topological polar surface area (TPSA) is 80.3 Å². The predicted octanol–water partition coefficient (Wildman–Crippen LogP) is 5.09. The van der Waals surface area contributed by atoms with Crippen molar-refractivity contribution in [2.45, 2.75) is 33.2 Å². The van der Waals surface area contributed by atoms with E-state index in [2.05, 4.69) is 40.0 Å². The van der Waals surface area contributed by atoms with E-state index < -0.39 is 0 Å². The fourth-order valence-corrected chi connectivity index (χ4v) is 4.10. The third kappa shape index (κ3) is 3.65. The van der Waals surface area contributed by atoms with Crippen molar-refractivity contribution in [3.63, 3.8) is 0 Å². The van der Waals surface area contributed by atoms with Gasteiger partial charge in [-0.25, -0.2) is 9.98 Å². The molecule has 0 spiro atoms. The molecule has 2 aromatic heterocycles. The van der Waals surface area contributed by atoms with Gasteiger partial charge in [-0.3, -0.25) is 0 Å². The number of furan rings is 1. The van der Waals surface area contributed by atoms with Crippen LogP contribution in [0.25, 0.3) is 11.6 Å². The summed E-state index contributed by atoms with van der Waals surface area (Å²) in [6.07, 6.45) is 7.04. The summed E-state index contributed by atoms with van der Waals surface area (Å²) in [7, 11) is 0. The maximum absolute atomic E-state index is 10.9. The lowest BCUT2D eigenvalue weighted by Gasteiger charge is -2.29. The zero-order valence-corrected chi connectivity index (χ0v) is 18.2. The molecule has 32 heavy (non-hydrogen) atoms. The normalized spacial score (nSPS) is 15.8. The van der Waals surface area contributed by atoms with Gasteiger partial charge in [-0.1, -0.05) is 25.1 Å². The molecule has 5 rings (SSSR count). The summed E-state index contributed by atoms with van der Waals surface area (Å²) in [6, 6.07) is 10.4. The third-order valence-corrected chi connectivity index (χ3v) is 5.80. The Hall–Kier alpha value is -3.58. The minimum Gasteiger partial charge on any atom is -0.501 e. The SMILES string of the molecule is CCOOc1c(N2CCc3ccc(CC)cc3C2)oc(C=C2C=Nc3ncccc32)c1O. The molecular weight excluding hydrogens is 406 g/mol. The number of pyridine rings is 1. The van der Waals surface area contributed by atoms with E-state index in [4.69, 9.17) is 14.2 Å². The fourth-order valence-electron chi connectivity index (χ4n) is 4.10. The van der Waals surface area contributed by atoms with Crippen LogP contribution in [-0.2, 0) is 24.3 Å². The minimum atomic E-state index is -0.0974. The van der Waals surface area contributed by atoms with Crippen molar-refractivity contribution in [3.8, 4) is 11.5 Å². The van der Waals surface area contributed by atoms with E-state index in [1.54, 1.807) is 18.5 Å². The Balaban J connectivity index is 1.51. The first-order valence-corrected chi connectivity index (χ1v) is 10.9. The summed E-state index contributed by atoms with van der Waals surface area (Å²) in [4.78, 5) is 21.3. The summed E-state index contributed by atoms with van der Waals surface area (Å²) in [5.41, 5.74) is 5.60. The van der Waals surface area contributed by atoms with E-state index in [-0.39, 0.29) is 11.5 Å². The van der Waals surface area contributed by atoms with E-state index in [0.29, 0.717) is 30.6 Å². The lowest BCUT2D eigenvalue weighted by Crippen LogP contribution is -2.30. The Morgan fingerprint density at radius 1 is 1.22 bits per heavy atom. The Labute approximate surface area is 186 Å². The van der Waals surface area contributed by atoms with Gasteiger partial charge in [-0.05, 0) is 54.7 Å². The molecule has 0 radical (unpaired) electrons. The van der Waals surface area contributed by atoms with Crippen molar-refractivity contribution in [2.24, 2.45) is 4.99 Å². The minimum absolute atomic E-state index is 0.0974. The second-order valence-electron chi connectivity index (χ2n) is 7.80. The molecule has 0 saturated carbocycles. The van der Waals surface area contributed by atoms with Gasteiger partial charge < -0.3 is 19.3 Å². The van der Waals surface area contributed by atoms with E-state index in [9.17, 15) is 5.11 Å². The highest BCUT2D eigenvalue weighted by atomic mass is 17.2. The highest BCUT2D eigenvalue weighted by Crippen LogP contribution is 2.46. The number of rotatable bonds is 6. The van der Waals surface area contributed by atoms with Crippen LogP contribution < -0.4 is 9.79 Å². The van der Waals surface area contributed by atoms with Gasteiger partial charge in [0.2, 0.25) is 11.6 Å². The number of anilines is 1. The van der Waals surface area contributed by atoms with Crippen LogP contribution in [0, 0.1) is 0 Å². The fraction of sp³-hybridized carbons (Fsp3) is 0.280. The van der Waals surface area contributed by atoms with Crippen molar-refractivity contribution in [2.75, 3.05) is 18.1 Å². The van der Waals surface area contributed by atoms with Crippen LogP contribution in [0.15, 0.2) is 45.9 Å². The number of aryl methyl sites for hydroxylation is 1. The van der Waals surface area contributed by atoms with E-state index in [1.807, 2.05) is 19.1 Å². The monoisotopic (exact) mass is 431 g/mol. The zero-order valence-electron chi connectivity index (χ0n) is 18.2. The zero-order chi connectivity index (χ0) is 22.1. The first-order valence-electron chi connectivity index (χ1n) is 10.9. The maximum Gasteiger partial charge on any atom is 0.270 e. The van der Waals surface area contributed by atoms with Crippen LogP contribution in [0.4, 0.5) is 11.7 Å². The molecule has 0 fully saturated rings. The van der Waals surface area contributed by atoms with Crippen molar-refractivity contribution >= 4 is 29.6 Å². The van der Waals surface area contributed by atoms with Gasteiger partial charge in [0, 0.05) is 36.6 Å². The number of hydrogen-bond acceptors (Lipinski definition) is 7. The number of benzene rings is 1. The largest absolute Gasteiger partial charge is 0.501 e. The average Bonchev–Trinajstić information content (AvgIpc) is 3.38. The van der Waals surface area contributed by atoms with E-state index in [0.717, 1.165) is 30.5 Å². The van der Waals surface area contributed by atoms with Crippen LogP contribution >= 0.6 is 0 Å². The molecule has 1 N–H and O–H groups in total. The van der Waals surface area contributed by atoms with E-state index in [1.165, 1.54) is 16.7 Å². The summed E-state index contributed by atoms with van der Waals surface area (Å²) in [6.45, 7) is 5.73. The number of hydrogen-bond donors (Lipinski definition) is 1. The number of aliphatic imine (C=N–C) groups is 1. The van der Waals surface area contributed by atoms with Gasteiger partial charge in [0.05, 0.1) is 6.61 Å². The highest BCUT2D eigenvalue weighted by Gasteiger charge is 2.29. The molecule has 0 bridgehead atoms. The summed E-state index contributed by atoms with van der Waals surface area (Å²) in [5.74, 6) is 1.49. The number of aromatic hydroxyl groups is 1. The van der Waals surface area contributed by atoms with E-state index >= 15 is 0 Å². The van der Waals surface area contributed by atoms with Crippen LogP contribution in [-0.4, -0.2) is 29.5 Å². The molecule has 7 heteroatoms. The molecule has 0 unspecified atom stereocenters. The van der Waals surface area contributed by atoms with Crippen molar-refractivity contribution in [1.82, 2.24) is 4.98 Å². The first kappa shape index (κ1) is 20.3. The highest BCUT2D eigenvalue weighted by molar-refractivity contribution is 6.20. The molecule has 4 heterocycles. The quantitative estimate of drug-likeness (QED) is 0.432. The molecule has 7 nitrogen and oxygen atoms in total. The van der Waals surface area contributed by atoms with Crippen molar-refractivity contribution < 1.29 is 19.3 Å². The van der Waals surface area contributed by atoms with Gasteiger partial charge in [-0.2, -0.15) is 4.89 Å². The Morgan fingerprint density at radius 2 is 2.12 bits per heavy atom. The molecule has 3 aromatic rings. The molecule has 2 aliphatic heterocycles. The van der Waals surface area contributed by atoms with Gasteiger partial charge in [0.25, 0.3) is 5.75 Å². The summed E-state index contributed by atoms with van der Waals surface area (Å²) >= 11 is 0. The Bertz CT molecular complexity index is 1210. The number of nitrogens with zero attached hydrogens (tertiary/aromatic N) is 3. The Morgan fingerprint density at radius 3 is 2.97 bits per heavy atom. The lowest BCUT2D eigenvalue weighted by atomic mass is 9.96.